The van der Waals surface area contributed by atoms with Crippen molar-refractivity contribution in [2.75, 3.05) is 19.0 Å². The third kappa shape index (κ3) is 2.52. The lowest BCUT2D eigenvalue weighted by Crippen LogP contribution is -2.31. The quantitative estimate of drug-likeness (QED) is 0.346. The zero-order valence-electron chi connectivity index (χ0n) is 9.77. The molecule has 0 heterocycles. The van der Waals surface area contributed by atoms with E-state index in [0.717, 1.165) is 17.1 Å². The van der Waals surface area contributed by atoms with Crippen molar-refractivity contribution in [3.05, 3.63) is 29.8 Å². The number of hydrogen-bond donors (Lipinski definition) is 2. The van der Waals surface area contributed by atoms with Crippen LogP contribution in [0.2, 0.25) is 0 Å². The Morgan fingerprint density at radius 3 is 2.75 bits per heavy atom. The van der Waals surface area contributed by atoms with Crippen LogP contribution >= 0.6 is 0 Å². The SMILES string of the molecule is CN(C)c1cccc(C(=NC2CC2)NN)c1. The summed E-state index contributed by atoms with van der Waals surface area (Å²) in [5.74, 6) is 6.30. The van der Waals surface area contributed by atoms with Gasteiger partial charge in [-0.2, -0.15) is 0 Å². The van der Waals surface area contributed by atoms with Crippen molar-refractivity contribution >= 4 is 11.5 Å². The number of aliphatic imine (C=N–C) groups is 1. The lowest BCUT2D eigenvalue weighted by Gasteiger charge is -2.14. The van der Waals surface area contributed by atoms with Crippen LogP contribution in [-0.2, 0) is 0 Å². The fraction of sp³-hybridized carbons (Fsp3) is 0.417. The monoisotopic (exact) mass is 218 g/mol. The molecule has 1 aliphatic rings. The highest BCUT2D eigenvalue weighted by molar-refractivity contribution is 5.99. The Balaban J connectivity index is 2.26. The molecule has 16 heavy (non-hydrogen) atoms. The number of hydrogen-bond acceptors (Lipinski definition) is 3. The van der Waals surface area contributed by atoms with Gasteiger partial charge in [-0.1, -0.05) is 12.1 Å². The highest BCUT2D eigenvalue weighted by Crippen LogP contribution is 2.24. The second-order valence-electron chi connectivity index (χ2n) is 4.30. The van der Waals surface area contributed by atoms with Gasteiger partial charge in [-0.25, -0.2) is 5.84 Å². The van der Waals surface area contributed by atoms with E-state index >= 15 is 0 Å². The van der Waals surface area contributed by atoms with E-state index in [9.17, 15) is 0 Å². The molecule has 1 fully saturated rings. The molecule has 0 bridgehead atoms. The van der Waals surface area contributed by atoms with E-state index in [-0.39, 0.29) is 0 Å². The Labute approximate surface area is 96.1 Å². The summed E-state index contributed by atoms with van der Waals surface area (Å²) >= 11 is 0. The Bertz CT molecular complexity index is 394. The van der Waals surface area contributed by atoms with E-state index in [0.29, 0.717) is 6.04 Å². The van der Waals surface area contributed by atoms with Crippen LogP contribution in [0.4, 0.5) is 5.69 Å². The zero-order chi connectivity index (χ0) is 11.5. The summed E-state index contributed by atoms with van der Waals surface area (Å²) in [6, 6.07) is 8.66. The first kappa shape index (κ1) is 11.0. The summed E-state index contributed by atoms with van der Waals surface area (Å²) in [5, 5.41) is 0. The zero-order valence-corrected chi connectivity index (χ0v) is 9.77. The van der Waals surface area contributed by atoms with E-state index in [1.54, 1.807) is 0 Å². The Kier molecular flexibility index (Phi) is 3.10. The smallest absolute Gasteiger partial charge is 0.142 e. The maximum absolute atomic E-state index is 5.51. The third-order valence-electron chi connectivity index (χ3n) is 2.63. The van der Waals surface area contributed by atoms with Crippen molar-refractivity contribution in [1.29, 1.82) is 0 Å². The summed E-state index contributed by atoms with van der Waals surface area (Å²) in [6.45, 7) is 0. The third-order valence-corrected chi connectivity index (χ3v) is 2.63. The topological polar surface area (TPSA) is 53.6 Å². The minimum absolute atomic E-state index is 0.467. The molecule has 4 nitrogen and oxygen atoms in total. The molecule has 0 aliphatic heterocycles. The molecule has 1 aromatic rings. The predicted octanol–water partition coefficient (Wildman–Crippen LogP) is 1.12. The number of rotatable bonds is 3. The highest BCUT2D eigenvalue weighted by atomic mass is 15.3. The molecule has 0 saturated heterocycles. The average Bonchev–Trinajstić information content (AvgIpc) is 3.10. The molecule has 0 atom stereocenters. The molecule has 1 aliphatic carbocycles. The van der Waals surface area contributed by atoms with Gasteiger partial charge in [0, 0.05) is 25.3 Å². The fourth-order valence-electron chi connectivity index (χ4n) is 1.51. The highest BCUT2D eigenvalue weighted by Gasteiger charge is 2.21. The molecule has 0 amide bonds. The summed E-state index contributed by atoms with van der Waals surface area (Å²) in [7, 11) is 4.04. The normalized spacial score (nSPS) is 16.1. The number of nitrogens with one attached hydrogen (secondary N) is 1. The maximum Gasteiger partial charge on any atom is 0.142 e. The second kappa shape index (κ2) is 4.53. The van der Waals surface area contributed by atoms with E-state index < -0.39 is 0 Å². The van der Waals surface area contributed by atoms with Crippen molar-refractivity contribution in [3.63, 3.8) is 0 Å². The van der Waals surface area contributed by atoms with Gasteiger partial charge in [0.2, 0.25) is 0 Å². The molecule has 2 rings (SSSR count). The molecule has 1 aromatic carbocycles. The standard InChI is InChI=1S/C12H18N4/c1-16(2)11-5-3-4-9(8-11)12(15-13)14-10-6-7-10/h3-5,8,10H,6-7,13H2,1-2H3,(H,14,15). The van der Waals surface area contributed by atoms with Gasteiger partial charge >= 0.3 is 0 Å². The maximum atomic E-state index is 5.51. The largest absolute Gasteiger partial charge is 0.378 e. The summed E-state index contributed by atoms with van der Waals surface area (Å²) in [4.78, 5) is 6.60. The number of amidine groups is 1. The van der Waals surface area contributed by atoms with Gasteiger partial charge in [0.25, 0.3) is 0 Å². The average molecular weight is 218 g/mol. The summed E-state index contributed by atoms with van der Waals surface area (Å²) in [6.07, 6.45) is 2.36. The van der Waals surface area contributed by atoms with Gasteiger partial charge in [-0.15, -0.1) is 0 Å². The lowest BCUT2D eigenvalue weighted by atomic mass is 10.2. The Hall–Kier alpha value is -1.55. The van der Waals surface area contributed by atoms with Crippen molar-refractivity contribution in [2.45, 2.75) is 18.9 Å². The number of nitrogens with two attached hydrogens (primary N) is 1. The molecule has 0 unspecified atom stereocenters. The van der Waals surface area contributed by atoms with Crippen LogP contribution in [0, 0.1) is 0 Å². The molecule has 3 N–H and O–H groups in total. The molecule has 0 spiro atoms. The lowest BCUT2D eigenvalue weighted by molar-refractivity contribution is 0.971. The van der Waals surface area contributed by atoms with Crippen LogP contribution in [0.3, 0.4) is 0 Å². The summed E-state index contributed by atoms with van der Waals surface area (Å²) in [5.41, 5.74) is 4.88. The minimum Gasteiger partial charge on any atom is -0.378 e. The molecule has 86 valence electrons. The van der Waals surface area contributed by atoms with Crippen LogP contribution in [0.15, 0.2) is 29.3 Å². The molecular formula is C12H18N4. The molecule has 0 aromatic heterocycles. The van der Waals surface area contributed by atoms with Gasteiger partial charge in [-0.05, 0) is 25.0 Å². The first-order valence-corrected chi connectivity index (χ1v) is 5.53. The van der Waals surface area contributed by atoms with Crippen molar-refractivity contribution < 1.29 is 0 Å². The van der Waals surface area contributed by atoms with Crippen molar-refractivity contribution in [2.24, 2.45) is 10.8 Å². The van der Waals surface area contributed by atoms with Gasteiger partial charge < -0.3 is 10.3 Å². The van der Waals surface area contributed by atoms with Gasteiger partial charge in [0.1, 0.15) is 5.84 Å². The molecule has 4 heteroatoms. The number of nitrogens with zero attached hydrogens (tertiary/aromatic N) is 2. The van der Waals surface area contributed by atoms with E-state index in [4.69, 9.17) is 5.84 Å². The van der Waals surface area contributed by atoms with E-state index in [1.165, 1.54) is 12.8 Å². The van der Waals surface area contributed by atoms with Crippen molar-refractivity contribution in [1.82, 2.24) is 5.43 Å². The van der Waals surface area contributed by atoms with Crippen LogP contribution < -0.4 is 16.2 Å². The Morgan fingerprint density at radius 1 is 1.44 bits per heavy atom. The number of anilines is 1. The predicted molar refractivity (Wildman–Crippen MR) is 67.7 cm³/mol. The number of hydrazine groups is 1. The van der Waals surface area contributed by atoms with E-state index in [1.807, 2.05) is 26.2 Å². The van der Waals surface area contributed by atoms with Crippen LogP contribution in [0.1, 0.15) is 18.4 Å². The first-order chi connectivity index (χ1) is 7.70. The molecular weight excluding hydrogens is 200 g/mol. The first-order valence-electron chi connectivity index (χ1n) is 5.53. The van der Waals surface area contributed by atoms with Gasteiger partial charge in [-0.3, -0.25) is 4.99 Å². The second-order valence-corrected chi connectivity index (χ2v) is 4.30. The van der Waals surface area contributed by atoms with Crippen LogP contribution in [-0.4, -0.2) is 26.0 Å². The van der Waals surface area contributed by atoms with E-state index in [2.05, 4.69) is 27.5 Å². The van der Waals surface area contributed by atoms with Gasteiger partial charge in [0.15, 0.2) is 0 Å². The molecule has 1 saturated carbocycles. The fourth-order valence-corrected chi connectivity index (χ4v) is 1.51. The van der Waals surface area contributed by atoms with Crippen LogP contribution in [0.25, 0.3) is 0 Å². The minimum atomic E-state index is 0.467. The molecule has 0 radical (unpaired) electrons. The number of benzene rings is 1. The van der Waals surface area contributed by atoms with Crippen LogP contribution in [0.5, 0.6) is 0 Å². The van der Waals surface area contributed by atoms with Gasteiger partial charge in [0.05, 0.1) is 6.04 Å². The summed E-state index contributed by atoms with van der Waals surface area (Å²) < 4.78 is 0. The Morgan fingerprint density at radius 2 is 2.19 bits per heavy atom. The van der Waals surface area contributed by atoms with Crippen molar-refractivity contribution in [3.8, 4) is 0 Å².